The van der Waals surface area contributed by atoms with E-state index in [0.717, 1.165) is 11.1 Å². The topological polar surface area (TPSA) is 43.4 Å². The van der Waals surface area contributed by atoms with Gasteiger partial charge in [0.05, 0.1) is 12.7 Å². The predicted molar refractivity (Wildman–Crippen MR) is 52.6 cm³/mol. The number of benzene rings is 1. The van der Waals surface area contributed by atoms with Gasteiger partial charge in [-0.1, -0.05) is 6.07 Å². The van der Waals surface area contributed by atoms with E-state index in [9.17, 15) is 9.59 Å². The summed E-state index contributed by atoms with van der Waals surface area (Å²) in [6, 6.07) is 3.51. The minimum absolute atomic E-state index is 0.333. The number of hydrogen-bond donors (Lipinski definition) is 0. The second kappa shape index (κ2) is 4.05. The van der Waals surface area contributed by atoms with Crippen molar-refractivity contribution in [3.63, 3.8) is 0 Å². The molecule has 0 atom stereocenters. The van der Waals surface area contributed by atoms with Gasteiger partial charge >= 0.3 is 5.97 Å². The Morgan fingerprint density at radius 1 is 1.36 bits per heavy atom. The quantitative estimate of drug-likeness (QED) is 0.531. The number of hydrogen-bond acceptors (Lipinski definition) is 3. The highest BCUT2D eigenvalue weighted by atomic mass is 16.5. The third kappa shape index (κ3) is 1.82. The van der Waals surface area contributed by atoms with Crippen molar-refractivity contribution < 1.29 is 14.3 Å². The van der Waals surface area contributed by atoms with Crippen molar-refractivity contribution in [1.82, 2.24) is 0 Å². The molecule has 1 aromatic carbocycles. The van der Waals surface area contributed by atoms with Crippen LogP contribution in [-0.2, 0) is 4.74 Å². The van der Waals surface area contributed by atoms with Crippen molar-refractivity contribution in [3.8, 4) is 0 Å². The zero-order chi connectivity index (χ0) is 10.7. The second-order valence-corrected chi connectivity index (χ2v) is 3.15. The Morgan fingerprint density at radius 2 is 2.00 bits per heavy atom. The molecule has 0 aliphatic carbocycles. The van der Waals surface area contributed by atoms with Crippen molar-refractivity contribution in [2.45, 2.75) is 13.8 Å². The molecule has 0 radical (unpaired) electrons. The van der Waals surface area contributed by atoms with Crippen LogP contribution in [0.2, 0.25) is 0 Å². The fraction of sp³-hybridized carbons (Fsp3) is 0.273. The average molecular weight is 192 g/mol. The summed E-state index contributed by atoms with van der Waals surface area (Å²) in [5.41, 5.74) is 2.47. The summed E-state index contributed by atoms with van der Waals surface area (Å²) >= 11 is 0. The van der Waals surface area contributed by atoms with Crippen LogP contribution < -0.4 is 0 Å². The Labute approximate surface area is 82.7 Å². The van der Waals surface area contributed by atoms with Gasteiger partial charge in [-0.05, 0) is 31.0 Å². The molecule has 0 saturated heterocycles. The van der Waals surface area contributed by atoms with Crippen LogP contribution in [0.15, 0.2) is 12.1 Å². The zero-order valence-electron chi connectivity index (χ0n) is 8.46. The Bertz CT molecular complexity index is 380. The summed E-state index contributed by atoms with van der Waals surface area (Å²) in [6.45, 7) is 3.66. The number of aryl methyl sites for hydroxylation is 2. The van der Waals surface area contributed by atoms with Gasteiger partial charge in [0.2, 0.25) is 0 Å². The lowest BCUT2D eigenvalue weighted by Gasteiger charge is -2.07. The molecule has 14 heavy (non-hydrogen) atoms. The first-order chi connectivity index (χ1) is 6.60. The Hall–Kier alpha value is -1.64. The molecule has 74 valence electrons. The standard InChI is InChI=1S/C11H12O3/c1-7-4-8(2)10(6-12)9(5-7)11(13)14-3/h4-6H,1-3H3. The molecule has 0 spiro atoms. The van der Waals surface area contributed by atoms with Crippen LogP contribution in [0.5, 0.6) is 0 Å². The van der Waals surface area contributed by atoms with Crippen molar-refractivity contribution in [3.05, 3.63) is 34.4 Å². The predicted octanol–water partition coefficient (Wildman–Crippen LogP) is 1.90. The van der Waals surface area contributed by atoms with Crippen LogP contribution in [0, 0.1) is 13.8 Å². The first-order valence-electron chi connectivity index (χ1n) is 4.25. The molecule has 0 aromatic heterocycles. The van der Waals surface area contributed by atoms with E-state index in [2.05, 4.69) is 4.74 Å². The van der Waals surface area contributed by atoms with Gasteiger partial charge in [-0.25, -0.2) is 4.79 Å². The van der Waals surface area contributed by atoms with Crippen molar-refractivity contribution in [2.24, 2.45) is 0 Å². The monoisotopic (exact) mass is 192 g/mol. The van der Waals surface area contributed by atoms with E-state index >= 15 is 0 Å². The highest BCUT2D eigenvalue weighted by molar-refractivity contribution is 5.99. The summed E-state index contributed by atoms with van der Waals surface area (Å²) in [6.07, 6.45) is 0.682. The molecule has 0 aliphatic rings. The molecule has 3 nitrogen and oxygen atoms in total. The Balaban J connectivity index is 3.39. The van der Waals surface area contributed by atoms with Crippen molar-refractivity contribution >= 4 is 12.3 Å². The fourth-order valence-corrected chi connectivity index (χ4v) is 1.41. The van der Waals surface area contributed by atoms with E-state index in [4.69, 9.17) is 0 Å². The molecular weight excluding hydrogens is 180 g/mol. The Morgan fingerprint density at radius 3 is 2.50 bits per heavy atom. The summed E-state index contributed by atoms with van der Waals surface area (Å²) < 4.78 is 4.59. The Kier molecular flexibility index (Phi) is 3.02. The molecule has 3 heteroatoms. The molecule has 0 fully saturated rings. The average Bonchev–Trinajstić information content (AvgIpc) is 2.15. The summed E-state index contributed by atoms with van der Waals surface area (Å²) in [4.78, 5) is 22.1. The summed E-state index contributed by atoms with van der Waals surface area (Å²) in [7, 11) is 1.30. The third-order valence-electron chi connectivity index (χ3n) is 2.05. The number of methoxy groups -OCH3 is 1. The molecule has 0 saturated carbocycles. The summed E-state index contributed by atoms with van der Waals surface area (Å²) in [5, 5.41) is 0. The van der Waals surface area contributed by atoms with E-state index in [-0.39, 0.29) is 0 Å². The number of esters is 1. The van der Waals surface area contributed by atoms with Gasteiger partial charge in [0.25, 0.3) is 0 Å². The van der Waals surface area contributed by atoms with Crippen LogP contribution in [0.4, 0.5) is 0 Å². The van der Waals surface area contributed by atoms with E-state index in [1.54, 1.807) is 13.0 Å². The maximum atomic E-state index is 11.3. The lowest BCUT2D eigenvalue weighted by molar-refractivity contribution is 0.0598. The fourth-order valence-electron chi connectivity index (χ4n) is 1.41. The lowest BCUT2D eigenvalue weighted by atomic mass is 10.00. The van der Waals surface area contributed by atoms with E-state index in [1.807, 2.05) is 13.0 Å². The van der Waals surface area contributed by atoms with Gasteiger partial charge in [-0.15, -0.1) is 0 Å². The molecule has 1 aromatic rings. The lowest BCUT2D eigenvalue weighted by Crippen LogP contribution is -2.07. The minimum Gasteiger partial charge on any atom is -0.465 e. The molecule has 0 aliphatic heterocycles. The van der Waals surface area contributed by atoms with Crippen LogP contribution in [0.3, 0.4) is 0 Å². The van der Waals surface area contributed by atoms with Gasteiger partial charge in [-0.3, -0.25) is 4.79 Å². The zero-order valence-corrected chi connectivity index (χ0v) is 8.46. The maximum Gasteiger partial charge on any atom is 0.338 e. The number of rotatable bonds is 2. The molecule has 0 heterocycles. The third-order valence-corrected chi connectivity index (χ3v) is 2.05. The highest BCUT2D eigenvalue weighted by Gasteiger charge is 2.13. The van der Waals surface area contributed by atoms with Crippen LogP contribution in [0.1, 0.15) is 31.8 Å². The first kappa shape index (κ1) is 10.4. The van der Waals surface area contributed by atoms with Crippen LogP contribution in [0.25, 0.3) is 0 Å². The van der Waals surface area contributed by atoms with Gasteiger partial charge in [0, 0.05) is 5.56 Å². The number of carbonyl (C=O) groups is 2. The van der Waals surface area contributed by atoms with Crippen LogP contribution >= 0.6 is 0 Å². The molecular formula is C11H12O3. The van der Waals surface area contributed by atoms with Crippen molar-refractivity contribution in [1.29, 1.82) is 0 Å². The highest BCUT2D eigenvalue weighted by Crippen LogP contribution is 2.15. The van der Waals surface area contributed by atoms with Gasteiger partial charge in [0.1, 0.15) is 0 Å². The van der Waals surface area contributed by atoms with Crippen molar-refractivity contribution in [2.75, 3.05) is 7.11 Å². The van der Waals surface area contributed by atoms with Gasteiger partial charge in [-0.2, -0.15) is 0 Å². The molecule has 0 amide bonds. The molecule has 0 unspecified atom stereocenters. The molecule has 0 bridgehead atoms. The van der Waals surface area contributed by atoms with E-state index in [1.165, 1.54) is 7.11 Å². The molecule has 1 rings (SSSR count). The largest absolute Gasteiger partial charge is 0.465 e. The molecule has 0 N–H and O–H groups in total. The van der Waals surface area contributed by atoms with E-state index in [0.29, 0.717) is 17.4 Å². The number of ether oxygens (including phenoxy) is 1. The number of aldehydes is 1. The first-order valence-corrected chi connectivity index (χ1v) is 4.25. The normalized spacial score (nSPS) is 9.64. The number of carbonyl (C=O) groups excluding carboxylic acids is 2. The SMILES string of the molecule is COC(=O)c1cc(C)cc(C)c1C=O. The van der Waals surface area contributed by atoms with Crippen LogP contribution in [-0.4, -0.2) is 19.4 Å². The summed E-state index contributed by atoms with van der Waals surface area (Å²) in [5.74, 6) is -0.473. The van der Waals surface area contributed by atoms with Gasteiger partial charge < -0.3 is 4.74 Å². The maximum absolute atomic E-state index is 11.3. The second-order valence-electron chi connectivity index (χ2n) is 3.15. The smallest absolute Gasteiger partial charge is 0.338 e. The minimum atomic E-state index is -0.473. The van der Waals surface area contributed by atoms with Gasteiger partial charge in [0.15, 0.2) is 6.29 Å². The van der Waals surface area contributed by atoms with E-state index < -0.39 is 5.97 Å².